The molecule has 0 atom stereocenters. The van der Waals surface area contributed by atoms with E-state index in [4.69, 9.17) is 4.42 Å². The van der Waals surface area contributed by atoms with Gasteiger partial charge in [-0.25, -0.2) is 8.42 Å². The van der Waals surface area contributed by atoms with E-state index >= 15 is 0 Å². The average Bonchev–Trinajstić information content (AvgIpc) is 3.47. The van der Waals surface area contributed by atoms with Crippen molar-refractivity contribution in [3.05, 3.63) is 71.1 Å². The van der Waals surface area contributed by atoms with Crippen molar-refractivity contribution < 1.29 is 17.6 Å². The maximum atomic E-state index is 12.6. The molecular weight excluding hydrogens is 428 g/mol. The van der Waals surface area contributed by atoms with Crippen LogP contribution in [0.25, 0.3) is 0 Å². The second kappa shape index (κ2) is 9.22. The Morgan fingerprint density at radius 1 is 1.03 bits per heavy atom. The molecule has 1 aliphatic heterocycles. The number of hydrogen-bond donors (Lipinski definition) is 1. The Hall–Kier alpha value is -3.04. The molecule has 2 heterocycles. The first-order valence-electron chi connectivity index (χ1n) is 10.7. The third kappa shape index (κ3) is 4.89. The summed E-state index contributed by atoms with van der Waals surface area (Å²) in [5, 5.41) is 10.4. The Morgan fingerprint density at radius 2 is 1.69 bits per heavy atom. The molecule has 0 aliphatic carbocycles. The lowest BCUT2D eigenvalue weighted by Gasteiger charge is -2.15. The van der Waals surface area contributed by atoms with E-state index in [2.05, 4.69) is 41.5 Å². The molecule has 4 rings (SSSR count). The monoisotopic (exact) mass is 454 g/mol. The molecule has 0 unspecified atom stereocenters. The van der Waals surface area contributed by atoms with E-state index in [0.717, 1.165) is 18.4 Å². The number of carbonyl (C=O) groups excluding carboxylic acids is 1. The Balaban J connectivity index is 1.38. The van der Waals surface area contributed by atoms with Crippen LogP contribution in [0.3, 0.4) is 0 Å². The molecule has 168 valence electrons. The van der Waals surface area contributed by atoms with Gasteiger partial charge in [0.1, 0.15) is 0 Å². The van der Waals surface area contributed by atoms with E-state index in [9.17, 15) is 13.2 Å². The number of aromatic nitrogens is 2. The highest BCUT2D eigenvalue weighted by molar-refractivity contribution is 7.89. The number of carbonyl (C=O) groups is 1. The van der Waals surface area contributed by atoms with Crippen molar-refractivity contribution in [2.45, 2.75) is 43.9 Å². The summed E-state index contributed by atoms with van der Waals surface area (Å²) < 4.78 is 32.2. The van der Waals surface area contributed by atoms with Crippen LogP contribution in [-0.2, 0) is 16.4 Å². The molecule has 3 aromatic rings. The summed E-state index contributed by atoms with van der Waals surface area (Å²) >= 11 is 0. The van der Waals surface area contributed by atoms with Gasteiger partial charge in [0, 0.05) is 18.7 Å². The van der Waals surface area contributed by atoms with E-state index in [1.165, 1.54) is 34.1 Å². The van der Waals surface area contributed by atoms with Crippen molar-refractivity contribution in [1.29, 1.82) is 0 Å². The van der Waals surface area contributed by atoms with Crippen LogP contribution in [0, 0.1) is 0 Å². The van der Waals surface area contributed by atoms with Gasteiger partial charge in [0.05, 0.1) is 11.3 Å². The fraction of sp³-hybridized carbons (Fsp3) is 0.348. The zero-order valence-corrected chi connectivity index (χ0v) is 18.9. The second-order valence-electron chi connectivity index (χ2n) is 8.16. The summed E-state index contributed by atoms with van der Waals surface area (Å²) in [4.78, 5) is 12.7. The number of sulfonamides is 1. The molecule has 1 aliphatic rings. The highest BCUT2D eigenvalue weighted by atomic mass is 32.2. The lowest BCUT2D eigenvalue weighted by atomic mass is 10.0. The molecule has 1 aromatic heterocycles. The predicted molar refractivity (Wildman–Crippen MR) is 120 cm³/mol. The fourth-order valence-electron chi connectivity index (χ4n) is 3.60. The van der Waals surface area contributed by atoms with Gasteiger partial charge in [0.25, 0.3) is 5.91 Å². The topological polar surface area (TPSA) is 105 Å². The van der Waals surface area contributed by atoms with Gasteiger partial charge in [0.2, 0.25) is 15.9 Å². The summed E-state index contributed by atoms with van der Waals surface area (Å²) in [6, 6.07) is 14.0. The summed E-state index contributed by atoms with van der Waals surface area (Å²) in [6.07, 6.45) is 2.20. The highest BCUT2D eigenvalue weighted by Crippen LogP contribution is 2.22. The van der Waals surface area contributed by atoms with Crippen molar-refractivity contribution in [3.8, 4) is 0 Å². The average molecular weight is 455 g/mol. The quantitative estimate of drug-likeness (QED) is 0.582. The number of benzene rings is 2. The van der Waals surface area contributed by atoms with Gasteiger partial charge in [0.15, 0.2) is 0 Å². The van der Waals surface area contributed by atoms with Gasteiger partial charge in [-0.1, -0.05) is 43.2 Å². The van der Waals surface area contributed by atoms with Crippen LogP contribution in [-0.4, -0.2) is 41.9 Å². The zero-order chi connectivity index (χ0) is 22.7. The van der Waals surface area contributed by atoms with Gasteiger partial charge in [-0.05, 0) is 54.2 Å². The predicted octanol–water partition coefficient (Wildman–Crippen LogP) is 3.82. The first-order valence-corrected chi connectivity index (χ1v) is 12.1. The Morgan fingerprint density at radius 3 is 2.31 bits per heavy atom. The largest absolute Gasteiger partial charge is 0.407 e. The lowest BCUT2D eigenvalue weighted by Crippen LogP contribution is -2.27. The van der Waals surface area contributed by atoms with Crippen molar-refractivity contribution in [2.75, 3.05) is 18.4 Å². The summed E-state index contributed by atoms with van der Waals surface area (Å²) in [7, 11) is -3.51. The van der Waals surface area contributed by atoms with Crippen LogP contribution in [0.1, 0.15) is 60.0 Å². The molecule has 1 N–H and O–H groups in total. The minimum absolute atomic E-state index is 0.00225. The van der Waals surface area contributed by atoms with Crippen molar-refractivity contribution in [1.82, 2.24) is 14.5 Å². The van der Waals surface area contributed by atoms with Crippen LogP contribution in [0.15, 0.2) is 57.8 Å². The molecule has 2 aromatic carbocycles. The standard InChI is InChI=1S/C23H26N4O4S/c1-16(2)18-7-5-17(6-8-18)15-21-25-26-23(31-21)24-22(28)19-9-11-20(12-10-19)32(29,30)27-13-3-4-14-27/h5-12,16H,3-4,13-15H2,1-2H3,(H,24,26,28). The van der Waals surface area contributed by atoms with Crippen molar-refractivity contribution in [3.63, 3.8) is 0 Å². The Bertz CT molecular complexity index is 1180. The third-order valence-electron chi connectivity index (χ3n) is 5.51. The number of nitrogens with zero attached hydrogens (tertiary/aromatic N) is 3. The summed E-state index contributed by atoms with van der Waals surface area (Å²) in [5.74, 6) is 0.403. The van der Waals surface area contributed by atoms with Crippen molar-refractivity contribution in [2.24, 2.45) is 0 Å². The number of amides is 1. The number of rotatable bonds is 7. The van der Waals surface area contributed by atoms with E-state index in [-0.39, 0.29) is 10.9 Å². The van der Waals surface area contributed by atoms with Crippen LogP contribution in [0.5, 0.6) is 0 Å². The molecule has 0 saturated carbocycles. The molecule has 0 bridgehead atoms. The van der Waals surface area contributed by atoms with Gasteiger partial charge >= 0.3 is 6.01 Å². The lowest BCUT2D eigenvalue weighted by molar-refractivity contribution is 0.102. The van der Waals surface area contributed by atoms with Gasteiger partial charge in [-0.15, -0.1) is 5.10 Å². The number of nitrogens with one attached hydrogen (secondary N) is 1. The van der Waals surface area contributed by atoms with E-state index < -0.39 is 15.9 Å². The molecule has 1 fully saturated rings. The molecule has 0 radical (unpaired) electrons. The van der Waals surface area contributed by atoms with Crippen LogP contribution < -0.4 is 5.32 Å². The smallest absolute Gasteiger partial charge is 0.322 e. The van der Waals surface area contributed by atoms with E-state index in [1.807, 2.05) is 12.1 Å². The maximum absolute atomic E-state index is 12.6. The summed E-state index contributed by atoms with van der Waals surface area (Å²) in [6.45, 7) is 5.35. The Labute approximate surface area is 187 Å². The highest BCUT2D eigenvalue weighted by Gasteiger charge is 2.27. The van der Waals surface area contributed by atoms with Gasteiger partial charge in [-0.3, -0.25) is 10.1 Å². The van der Waals surface area contributed by atoms with Crippen LogP contribution in [0.4, 0.5) is 6.01 Å². The number of hydrogen-bond acceptors (Lipinski definition) is 6. The normalized spacial score (nSPS) is 14.7. The molecule has 32 heavy (non-hydrogen) atoms. The Kier molecular flexibility index (Phi) is 6.38. The minimum Gasteiger partial charge on any atom is -0.407 e. The van der Waals surface area contributed by atoms with E-state index in [0.29, 0.717) is 36.9 Å². The summed E-state index contributed by atoms with van der Waals surface area (Å²) in [5.41, 5.74) is 2.59. The van der Waals surface area contributed by atoms with Crippen LogP contribution >= 0.6 is 0 Å². The molecule has 8 nitrogen and oxygen atoms in total. The minimum atomic E-state index is -3.51. The van der Waals surface area contributed by atoms with Crippen molar-refractivity contribution >= 4 is 21.9 Å². The molecule has 1 amide bonds. The molecule has 9 heteroatoms. The molecule has 0 spiro atoms. The molecule has 1 saturated heterocycles. The van der Waals surface area contributed by atoms with E-state index in [1.54, 1.807) is 0 Å². The first-order chi connectivity index (χ1) is 15.3. The third-order valence-corrected chi connectivity index (χ3v) is 7.42. The second-order valence-corrected chi connectivity index (χ2v) is 10.1. The maximum Gasteiger partial charge on any atom is 0.322 e. The molecular formula is C23H26N4O4S. The van der Waals surface area contributed by atoms with Gasteiger partial charge < -0.3 is 4.42 Å². The SMILES string of the molecule is CC(C)c1ccc(Cc2nnc(NC(=O)c3ccc(S(=O)(=O)N4CCCC4)cc3)o2)cc1. The fourth-order valence-corrected chi connectivity index (χ4v) is 5.11. The zero-order valence-electron chi connectivity index (χ0n) is 18.1. The van der Waals surface area contributed by atoms with Crippen LogP contribution in [0.2, 0.25) is 0 Å². The first kappa shape index (κ1) is 22.2. The number of anilines is 1. The van der Waals surface area contributed by atoms with Gasteiger partial charge in [-0.2, -0.15) is 4.31 Å².